The Morgan fingerprint density at radius 3 is 2.77 bits per heavy atom. The molecule has 0 aromatic heterocycles. The average Bonchev–Trinajstić information content (AvgIpc) is 2.55. The molecule has 0 spiro atoms. The van der Waals surface area contributed by atoms with Crippen LogP contribution in [0.1, 0.15) is 11.6 Å². The Bertz CT molecular complexity index is 499. The maximum absolute atomic E-state index is 6.11. The van der Waals surface area contributed by atoms with E-state index in [2.05, 4.69) is 20.9 Å². The minimum absolute atomic E-state index is 0.162. The lowest BCUT2D eigenvalue weighted by Gasteiger charge is -2.29. The first-order valence-corrected chi connectivity index (χ1v) is 7.55. The Morgan fingerprint density at radius 1 is 1.41 bits per heavy atom. The molecule has 1 heterocycles. The molecule has 6 heteroatoms. The molecule has 0 bridgehead atoms. The minimum atomic E-state index is 0.162. The van der Waals surface area contributed by atoms with E-state index in [1.807, 2.05) is 32.3 Å². The van der Waals surface area contributed by atoms with E-state index in [1.54, 1.807) is 7.11 Å². The molecule has 1 atom stereocenters. The smallest absolute Gasteiger partial charge is 0.191 e. The van der Waals surface area contributed by atoms with Gasteiger partial charge in [0, 0.05) is 13.1 Å². The van der Waals surface area contributed by atoms with Crippen LogP contribution in [0.15, 0.2) is 29.3 Å². The molecule has 1 saturated heterocycles. The number of methoxy groups -OCH3 is 1. The molecule has 1 aliphatic heterocycles. The van der Waals surface area contributed by atoms with Crippen molar-refractivity contribution in [2.24, 2.45) is 10.7 Å². The summed E-state index contributed by atoms with van der Waals surface area (Å²) >= 11 is 0. The van der Waals surface area contributed by atoms with Crippen LogP contribution < -0.4 is 10.5 Å². The van der Waals surface area contributed by atoms with Gasteiger partial charge in [-0.3, -0.25) is 4.99 Å². The second-order valence-electron chi connectivity index (χ2n) is 5.55. The zero-order valence-electron chi connectivity index (χ0n) is 13.7. The topological polar surface area (TPSA) is 63.3 Å². The molecule has 2 N–H and O–H groups in total. The molecule has 0 amide bonds. The number of morpholine rings is 1. The molecule has 0 aliphatic carbocycles. The molecular formula is C16H26N4O2. The van der Waals surface area contributed by atoms with Gasteiger partial charge in [-0.2, -0.15) is 0 Å². The lowest BCUT2D eigenvalue weighted by molar-refractivity contribution is 0.0673. The Hall–Kier alpha value is -1.79. The Morgan fingerprint density at radius 2 is 2.14 bits per heavy atom. The molecule has 1 aromatic carbocycles. The van der Waals surface area contributed by atoms with Gasteiger partial charge in [0.05, 0.1) is 32.9 Å². The van der Waals surface area contributed by atoms with Crippen molar-refractivity contribution in [3.05, 3.63) is 29.8 Å². The van der Waals surface area contributed by atoms with Crippen molar-refractivity contribution in [3.8, 4) is 5.75 Å². The molecule has 122 valence electrons. The van der Waals surface area contributed by atoms with Gasteiger partial charge in [0.2, 0.25) is 0 Å². The van der Waals surface area contributed by atoms with Gasteiger partial charge >= 0.3 is 0 Å². The standard InChI is InChI=1S/C16H26N4O2/c1-19(2)15(13-5-4-6-14(11-13)21-3)12-18-16(17)20-7-9-22-10-8-20/h4-6,11,15H,7-10,12H2,1-3H3,(H2,17,18). The highest BCUT2D eigenvalue weighted by Crippen LogP contribution is 2.23. The molecule has 0 saturated carbocycles. The van der Waals surface area contributed by atoms with Crippen LogP contribution in [0.2, 0.25) is 0 Å². The normalized spacial score (nSPS) is 17.6. The van der Waals surface area contributed by atoms with Crippen molar-refractivity contribution >= 4 is 5.96 Å². The van der Waals surface area contributed by atoms with Gasteiger partial charge in [0.1, 0.15) is 5.75 Å². The molecule has 1 unspecified atom stereocenters. The van der Waals surface area contributed by atoms with Crippen LogP contribution in [0.25, 0.3) is 0 Å². The maximum atomic E-state index is 6.11. The third-order valence-electron chi connectivity index (χ3n) is 3.86. The average molecular weight is 306 g/mol. The first-order chi connectivity index (χ1) is 10.6. The second kappa shape index (κ2) is 8.00. The Kier molecular flexibility index (Phi) is 6.03. The molecule has 1 fully saturated rings. The lowest BCUT2D eigenvalue weighted by Crippen LogP contribution is -2.45. The predicted octanol–water partition coefficient (Wildman–Crippen LogP) is 0.945. The summed E-state index contributed by atoms with van der Waals surface area (Å²) in [7, 11) is 5.77. The Balaban J connectivity index is 2.07. The number of aliphatic imine (C=N–C) groups is 1. The number of benzene rings is 1. The highest BCUT2D eigenvalue weighted by molar-refractivity contribution is 5.78. The molecule has 1 aliphatic rings. The van der Waals surface area contributed by atoms with Crippen LogP contribution in [-0.2, 0) is 4.74 Å². The zero-order valence-corrected chi connectivity index (χ0v) is 13.7. The molecule has 22 heavy (non-hydrogen) atoms. The van der Waals surface area contributed by atoms with Crippen molar-refractivity contribution in [3.63, 3.8) is 0 Å². The summed E-state index contributed by atoms with van der Waals surface area (Å²) in [6, 6.07) is 8.25. The van der Waals surface area contributed by atoms with E-state index in [-0.39, 0.29) is 6.04 Å². The third kappa shape index (κ3) is 4.35. The molecule has 6 nitrogen and oxygen atoms in total. The Labute approximate surface area is 132 Å². The largest absolute Gasteiger partial charge is 0.497 e. The predicted molar refractivity (Wildman–Crippen MR) is 88.3 cm³/mol. The van der Waals surface area contributed by atoms with E-state index in [9.17, 15) is 0 Å². The number of nitrogens with zero attached hydrogens (tertiary/aromatic N) is 3. The summed E-state index contributed by atoms with van der Waals surface area (Å²) < 4.78 is 10.6. The van der Waals surface area contributed by atoms with E-state index in [4.69, 9.17) is 15.2 Å². The summed E-state index contributed by atoms with van der Waals surface area (Å²) in [6.45, 7) is 3.65. The van der Waals surface area contributed by atoms with Crippen LogP contribution >= 0.6 is 0 Å². The van der Waals surface area contributed by atoms with E-state index in [1.165, 1.54) is 5.56 Å². The van der Waals surface area contributed by atoms with Crippen LogP contribution in [0, 0.1) is 0 Å². The molecule has 0 radical (unpaired) electrons. The number of likely N-dealkylation sites (N-methyl/N-ethyl adjacent to an activating group) is 1. The van der Waals surface area contributed by atoms with Crippen molar-refractivity contribution < 1.29 is 9.47 Å². The fraction of sp³-hybridized carbons (Fsp3) is 0.562. The van der Waals surface area contributed by atoms with Gasteiger partial charge in [-0.05, 0) is 31.8 Å². The second-order valence-corrected chi connectivity index (χ2v) is 5.55. The van der Waals surface area contributed by atoms with Crippen molar-refractivity contribution in [1.29, 1.82) is 0 Å². The number of rotatable bonds is 5. The van der Waals surface area contributed by atoms with E-state index in [0.717, 1.165) is 18.8 Å². The highest BCUT2D eigenvalue weighted by atomic mass is 16.5. The van der Waals surface area contributed by atoms with Crippen molar-refractivity contribution in [1.82, 2.24) is 9.80 Å². The first-order valence-electron chi connectivity index (χ1n) is 7.55. The van der Waals surface area contributed by atoms with Crippen LogP contribution in [-0.4, -0.2) is 69.8 Å². The van der Waals surface area contributed by atoms with Gasteiger partial charge in [-0.1, -0.05) is 12.1 Å². The highest BCUT2D eigenvalue weighted by Gasteiger charge is 2.16. The van der Waals surface area contributed by atoms with Gasteiger partial charge in [0.25, 0.3) is 0 Å². The van der Waals surface area contributed by atoms with E-state index < -0.39 is 0 Å². The minimum Gasteiger partial charge on any atom is -0.497 e. The monoisotopic (exact) mass is 306 g/mol. The lowest BCUT2D eigenvalue weighted by atomic mass is 10.1. The van der Waals surface area contributed by atoms with Gasteiger partial charge in [-0.15, -0.1) is 0 Å². The number of hydrogen-bond donors (Lipinski definition) is 1. The summed E-state index contributed by atoms with van der Waals surface area (Å²) in [5.41, 5.74) is 7.28. The molecular weight excluding hydrogens is 280 g/mol. The molecule has 1 aromatic rings. The number of hydrogen-bond acceptors (Lipinski definition) is 4. The van der Waals surface area contributed by atoms with Crippen molar-refractivity contribution in [2.45, 2.75) is 6.04 Å². The summed E-state index contributed by atoms with van der Waals surface area (Å²) in [5.74, 6) is 1.45. The number of nitrogens with two attached hydrogens (primary N) is 1. The quantitative estimate of drug-likeness (QED) is 0.648. The fourth-order valence-electron chi connectivity index (χ4n) is 2.49. The fourth-order valence-corrected chi connectivity index (χ4v) is 2.49. The SMILES string of the molecule is COc1cccc(C(CN=C(N)N2CCOCC2)N(C)C)c1. The summed E-state index contributed by atoms with van der Waals surface area (Å²) in [5, 5.41) is 0. The first kappa shape index (κ1) is 16.6. The van der Waals surface area contributed by atoms with Gasteiger partial charge in [0.15, 0.2) is 5.96 Å². The van der Waals surface area contributed by atoms with Gasteiger partial charge < -0.3 is 25.0 Å². The third-order valence-corrected chi connectivity index (χ3v) is 3.86. The number of guanidine groups is 1. The van der Waals surface area contributed by atoms with Crippen molar-refractivity contribution in [2.75, 3.05) is 54.1 Å². The molecule has 2 rings (SSSR count). The van der Waals surface area contributed by atoms with Crippen LogP contribution in [0.3, 0.4) is 0 Å². The van der Waals surface area contributed by atoms with Crippen LogP contribution in [0.5, 0.6) is 5.75 Å². The van der Waals surface area contributed by atoms with E-state index >= 15 is 0 Å². The summed E-state index contributed by atoms with van der Waals surface area (Å²) in [4.78, 5) is 8.80. The number of ether oxygens (including phenoxy) is 2. The maximum Gasteiger partial charge on any atom is 0.191 e. The van der Waals surface area contributed by atoms with E-state index in [0.29, 0.717) is 25.7 Å². The summed E-state index contributed by atoms with van der Waals surface area (Å²) in [6.07, 6.45) is 0. The zero-order chi connectivity index (χ0) is 15.9. The van der Waals surface area contributed by atoms with Crippen LogP contribution in [0.4, 0.5) is 0 Å². The van der Waals surface area contributed by atoms with Gasteiger partial charge in [-0.25, -0.2) is 0 Å².